The van der Waals surface area contributed by atoms with Crippen molar-refractivity contribution in [3.05, 3.63) is 59.7 Å². The normalized spacial score (nSPS) is 12.6. The Morgan fingerprint density at radius 1 is 0.974 bits per heavy atom. The standard InChI is InChI=1S/C27H33F5N2O5/c1-3-38-23(24(35)36)18-20-8-12-22(13-9-20)39-17-16-34(15-5-4-14-26(28,29)27(30,31)32)25(37)33-21-10-6-19(2)7-11-21/h6-13,23H,3-5,14-18H2,1-2H3,(H,33,37)(H,35,36). The molecule has 0 aliphatic carbocycles. The number of carboxylic acid groups (broad SMARTS) is 1. The molecule has 12 heteroatoms. The van der Waals surface area contributed by atoms with Crippen molar-refractivity contribution in [1.82, 2.24) is 4.90 Å². The molecule has 0 aromatic heterocycles. The Morgan fingerprint density at radius 2 is 1.62 bits per heavy atom. The fourth-order valence-corrected chi connectivity index (χ4v) is 3.57. The minimum atomic E-state index is -5.61. The number of alkyl halides is 5. The molecule has 39 heavy (non-hydrogen) atoms. The van der Waals surface area contributed by atoms with E-state index < -0.39 is 43.0 Å². The van der Waals surface area contributed by atoms with Gasteiger partial charge in [0.25, 0.3) is 0 Å². The predicted octanol–water partition coefficient (Wildman–Crippen LogP) is 6.31. The molecule has 0 aliphatic heterocycles. The topological polar surface area (TPSA) is 88.1 Å². The Hall–Kier alpha value is -3.41. The minimum Gasteiger partial charge on any atom is -0.492 e. The molecule has 216 valence electrons. The summed E-state index contributed by atoms with van der Waals surface area (Å²) in [5, 5.41) is 11.9. The lowest BCUT2D eigenvalue weighted by atomic mass is 10.1. The van der Waals surface area contributed by atoms with Crippen LogP contribution >= 0.6 is 0 Å². The van der Waals surface area contributed by atoms with E-state index in [0.29, 0.717) is 11.4 Å². The van der Waals surface area contributed by atoms with Crippen molar-refractivity contribution in [2.75, 3.05) is 31.6 Å². The predicted molar refractivity (Wildman–Crippen MR) is 135 cm³/mol. The Bertz CT molecular complexity index is 1050. The number of carboxylic acids is 1. The first kappa shape index (κ1) is 31.8. The number of aliphatic carboxylic acids is 1. The summed E-state index contributed by atoms with van der Waals surface area (Å²) in [5.74, 6) is -5.40. The van der Waals surface area contributed by atoms with E-state index in [0.717, 1.165) is 11.1 Å². The van der Waals surface area contributed by atoms with E-state index in [1.807, 2.05) is 6.92 Å². The molecule has 0 fully saturated rings. The van der Waals surface area contributed by atoms with Crippen LogP contribution in [0.25, 0.3) is 0 Å². The summed E-state index contributed by atoms with van der Waals surface area (Å²) < 4.78 is 74.6. The number of rotatable bonds is 15. The summed E-state index contributed by atoms with van der Waals surface area (Å²) in [4.78, 5) is 25.4. The highest BCUT2D eigenvalue weighted by atomic mass is 19.4. The number of nitrogens with zero attached hydrogens (tertiary/aromatic N) is 1. The molecule has 1 atom stereocenters. The summed E-state index contributed by atoms with van der Waals surface area (Å²) >= 11 is 0. The molecule has 2 rings (SSSR count). The molecule has 2 aromatic rings. The first-order valence-corrected chi connectivity index (χ1v) is 12.5. The van der Waals surface area contributed by atoms with Crippen molar-refractivity contribution in [3.63, 3.8) is 0 Å². The van der Waals surface area contributed by atoms with Crippen LogP contribution in [-0.2, 0) is 16.0 Å². The van der Waals surface area contributed by atoms with E-state index >= 15 is 0 Å². The van der Waals surface area contributed by atoms with Crippen LogP contribution < -0.4 is 10.1 Å². The van der Waals surface area contributed by atoms with Crippen molar-refractivity contribution in [3.8, 4) is 5.75 Å². The molecule has 0 spiro atoms. The molecule has 0 bridgehead atoms. The van der Waals surface area contributed by atoms with Gasteiger partial charge >= 0.3 is 24.1 Å². The van der Waals surface area contributed by atoms with Crippen molar-refractivity contribution in [2.45, 2.75) is 57.7 Å². The number of aryl methyl sites for hydroxylation is 1. The van der Waals surface area contributed by atoms with Gasteiger partial charge in [0.2, 0.25) is 0 Å². The minimum absolute atomic E-state index is 0.0239. The number of halogens is 5. The molecule has 0 aliphatic rings. The number of hydrogen-bond acceptors (Lipinski definition) is 4. The van der Waals surface area contributed by atoms with E-state index in [9.17, 15) is 36.6 Å². The molecule has 0 saturated heterocycles. The molecular weight excluding hydrogens is 527 g/mol. The molecular formula is C27H33F5N2O5. The van der Waals surface area contributed by atoms with E-state index in [-0.39, 0.29) is 39.1 Å². The van der Waals surface area contributed by atoms with Gasteiger partial charge in [0.1, 0.15) is 12.4 Å². The number of carbonyl (C=O) groups excluding carboxylic acids is 1. The monoisotopic (exact) mass is 560 g/mol. The van der Waals surface area contributed by atoms with Gasteiger partial charge in [-0.2, -0.15) is 22.0 Å². The maximum Gasteiger partial charge on any atom is 0.453 e. The van der Waals surface area contributed by atoms with Crippen LogP contribution in [0.1, 0.15) is 37.3 Å². The largest absolute Gasteiger partial charge is 0.492 e. The molecule has 2 aromatic carbocycles. The number of carbonyl (C=O) groups is 2. The van der Waals surface area contributed by atoms with Crippen LogP contribution in [0, 0.1) is 6.92 Å². The molecule has 0 saturated carbocycles. The van der Waals surface area contributed by atoms with E-state index in [4.69, 9.17) is 9.47 Å². The second-order valence-electron chi connectivity index (χ2n) is 8.92. The SMILES string of the molecule is CCOC(Cc1ccc(OCCN(CCCCC(F)(F)C(F)(F)F)C(=O)Nc2ccc(C)cc2)cc1)C(=O)O. The average molecular weight is 561 g/mol. The molecule has 2 amide bonds. The number of unbranched alkanes of at least 4 members (excludes halogenated alkanes) is 1. The summed E-state index contributed by atoms with van der Waals surface area (Å²) in [6.07, 6.45) is -8.27. The van der Waals surface area contributed by atoms with Gasteiger partial charge in [-0.3, -0.25) is 0 Å². The van der Waals surface area contributed by atoms with Crippen LogP contribution in [0.5, 0.6) is 5.75 Å². The van der Waals surface area contributed by atoms with E-state index in [2.05, 4.69) is 5.32 Å². The number of anilines is 1. The fraction of sp³-hybridized carbons (Fsp3) is 0.481. The number of urea groups is 1. The average Bonchev–Trinajstić information content (AvgIpc) is 2.86. The number of amides is 2. The molecule has 2 N–H and O–H groups in total. The second-order valence-corrected chi connectivity index (χ2v) is 8.92. The van der Waals surface area contributed by atoms with Gasteiger partial charge in [0, 0.05) is 31.7 Å². The van der Waals surface area contributed by atoms with Crippen LogP contribution in [0.15, 0.2) is 48.5 Å². The molecule has 0 heterocycles. The zero-order valence-corrected chi connectivity index (χ0v) is 21.8. The Labute approximate surface area is 223 Å². The van der Waals surface area contributed by atoms with Gasteiger partial charge in [-0.25, -0.2) is 9.59 Å². The maximum atomic E-state index is 13.2. The van der Waals surface area contributed by atoms with Gasteiger partial charge in [-0.05, 0) is 56.5 Å². The van der Waals surface area contributed by atoms with Crippen LogP contribution in [-0.4, -0.2) is 66.5 Å². The first-order valence-electron chi connectivity index (χ1n) is 12.5. The number of benzene rings is 2. The lowest BCUT2D eigenvalue weighted by Crippen LogP contribution is -2.39. The lowest BCUT2D eigenvalue weighted by molar-refractivity contribution is -0.284. The Kier molecular flexibility index (Phi) is 12.0. The highest BCUT2D eigenvalue weighted by Crippen LogP contribution is 2.39. The summed E-state index contributed by atoms with van der Waals surface area (Å²) in [6, 6.07) is 13.1. The zero-order chi connectivity index (χ0) is 29.1. The molecule has 1 unspecified atom stereocenters. The van der Waals surface area contributed by atoms with E-state index in [1.54, 1.807) is 55.5 Å². The Morgan fingerprint density at radius 3 is 2.18 bits per heavy atom. The van der Waals surface area contributed by atoms with Crippen molar-refractivity contribution >= 4 is 17.7 Å². The summed E-state index contributed by atoms with van der Waals surface area (Å²) in [5.41, 5.74) is 2.20. The van der Waals surface area contributed by atoms with Gasteiger partial charge in [0.15, 0.2) is 6.10 Å². The highest BCUT2D eigenvalue weighted by Gasteiger charge is 2.56. The van der Waals surface area contributed by atoms with Gasteiger partial charge in [-0.15, -0.1) is 0 Å². The van der Waals surface area contributed by atoms with E-state index in [1.165, 1.54) is 4.90 Å². The molecule has 7 nitrogen and oxygen atoms in total. The third kappa shape index (κ3) is 10.7. The maximum absolute atomic E-state index is 13.2. The number of nitrogens with one attached hydrogen (secondary N) is 1. The van der Waals surface area contributed by atoms with Crippen LogP contribution in [0.2, 0.25) is 0 Å². The first-order chi connectivity index (χ1) is 18.3. The van der Waals surface area contributed by atoms with Crippen molar-refractivity contribution in [1.29, 1.82) is 0 Å². The summed E-state index contributed by atoms with van der Waals surface area (Å²) in [6.45, 7) is 3.85. The number of hydrogen-bond donors (Lipinski definition) is 2. The van der Waals surface area contributed by atoms with Gasteiger partial charge in [-0.1, -0.05) is 29.8 Å². The second kappa shape index (κ2) is 14.7. The smallest absolute Gasteiger partial charge is 0.453 e. The van der Waals surface area contributed by atoms with Crippen LogP contribution in [0.3, 0.4) is 0 Å². The van der Waals surface area contributed by atoms with Crippen molar-refractivity contribution in [2.24, 2.45) is 0 Å². The van der Waals surface area contributed by atoms with Crippen molar-refractivity contribution < 1.29 is 46.1 Å². The summed E-state index contributed by atoms with van der Waals surface area (Å²) in [7, 11) is 0. The van der Waals surface area contributed by atoms with Gasteiger partial charge in [0.05, 0.1) is 6.54 Å². The zero-order valence-electron chi connectivity index (χ0n) is 21.8. The Balaban J connectivity index is 1.95. The quantitative estimate of drug-likeness (QED) is 0.197. The fourth-order valence-electron chi connectivity index (χ4n) is 3.57. The third-order valence-corrected chi connectivity index (χ3v) is 5.79. The third-order valence-electron chi connectivity index (χ3n) is 5.79. The van der Waals surface area contributed by atoms with Crippen LogP contribution in [0.4, 0.5) is 32.4 Å². The van der Waals surface area contributed by atoms with Gasteiger partial charge < -0.3 is 24.8 Å². The highest BCUT2D eigenvalue weighted by molar-refractivity contribution is 5.89. The molecule has 0 radical (unpaired) electrons. The lowest BCUT2D eigenvalue weighted by Gasteiger charge is -2.24. The number of ether oxygens (including phenoxy) is 2.